The summed E-state index contributed by atoms with van der Waals surface area (Å²) < 4.78 is 5.44. The van der Waals surface area contributed by atoms with Gasteiger partial charge >= 0.3 is 0 Å². The maximum absolute atomic E-state index is 10.7. The van der Waals surface area contributed by atoms with Gasteiger partial charge in [0.1, 0.15) is 0 Å². The van der Waals surface area contributed by atoms with E-state index in [0.29, 0.717) is 0 Å². The smallest absolute Gasteiger partial charge is 0.0661 e. The predicted molar refractivity (Wildman–Crippen MR) is 75.9 cm³/mol. The molecule has 108 valence electrons. The Labute approximate surface area is 113 Å². The molecule has 0 aromatic heterocycles. The Morgan fingerprint density at radius 1 is 1.28 bits per heavy atom. The van der Waals surface area contributed by atoms with Crippen molar-refractivity contribution in [1.82, 2.24) is 4.90 Å². The molecule has 0 aromatic carbocycles. The topological polar surface area (TPSA) is 32.7 Å². The third-order valence-electron chi connectivity index (χ3n) is 4.29. The van der Waals surface area contributed by atoms with E-state index < -0.39 is 5.60 Å². The highest BCUT2D eigenvalue weighted by Gasteiger charge is 2.32. The Bertz CT molecular complexity index is 243. The van der Waals surface area contributed by atoms with Gasteiger partial charge in [0.05, 0.1) is 11.2 Å². The molecule has 1 N–H and O–H groups in total. The van der Waals surface area contributed by atoms with Crippen molar-refractivity contribution >= 4 is 0 Å². The van der Waals surface area contributed by atoms with Gasteiger partial charge in [-0.05, 0) is 65.5 Å². The van der Waals surface area contributed by atoms with Gasteiger partial charge in [0, 0.05) is 13.7 Å². The highest BCUT2D eigenvalue weighted by Crippen LogP contribution is 2.30. The van der Waals surface area contributed by atoms with Gasteiger partial charge in [0.15, 0.2) is 0 Å². The molecule has 1 rings (SSSR count). The first-order chi connectivity index (χ1) is 8.41. The summed E-state index contributed by atoms with van der Waals surface area (Å²) in [6, 6.07) is 0. The molecule has 1 aliphatic heterocycles. The van der Waals surface area contributed by atoms with Crippen molar-refractivity contribution in [3.8, 4) is 0 Å². The number of likely N-dealkylation sites (tertiary alicyclic amines) is 1. The van der Waals surface area contributed by atoms with Gasteiger partial charge in [-0.15, -0.1) is 0 Å². The molecule has 0 saturated carbocycles. The van der Waals surface area contributed by atoms with E-state index in [4.69, 9.17) is 4.74 Å². The van der Waals surface area contributed by atoms with Gasteiger partial charge in [0.2, 0.25) is 0 Å². The second-order valence-corrected chi connectivity index (χ2v) is 6.38. The van der Waals surface area contributed by atoms with Crippen LogP contribution in [0.3, 0.4) is 0 Å². The number of hydrogen-bond acceptors (Lipinski definition) is 3. The first-order valence-corrected chi connectivity index (χ1v) is 7.41. The molecule has 1 atom stereocenters. The molecule has 18 heavy (non-hydrogen) atoms. The highest BCUT2D eigenvalue weighted by atomic mass is 16.5. The maximum atomic E-state index is 10.7. The van der Waals surface area contributed by atoms with Crippen LogP contribution in [-0.4, -0.2) is 48.0 Å². The van der Waals surface area contributed by atoms with Crippen LogP contribution in [0.4, 0.5) is 0 Å². The molecule has 0 amide bonds. The van der Waals surface area contributed by atoms with Crippen molar-refractivity contribution in [2.75, 3.05) is 26.7 Å². The standard InChI is InChI=1S/C15H31NO2/c1-5-11-16-12-6-7-15(17,10-13-16)9-8-14(2,3)18-4/h17H,5-13H2,1-4H3. The van der Waals surface area contributed by atoms with E-state index in [0.717, 1.165) is 45.2 Å². The van der Waals surface area contributed by atoms with Crippen molar-refractivity contribution in [3.05, 3.63) is 0 Å². The minimum Gasteiger partial charge on any atom is -0.390 e. The maximum Gasteiger partial charge on any atom is 0.0661 e. The zero-order chi connectivity index (χ0) is 13.6. The molecule has 0 spiro atoms. The molecule has 1 fully saturated rings. The minimum atomic E-state index is -0.474. The van der Waals surface area contributed by atoms with E-state index in [1.807, 2.05) is 0 Å². The van der Waals surface area contributed by atoms with Gasteiger partial charge in [0.25, 0.3) is 0 Å². The van der Waals surface area contributed by atoms with Crippen LogP contribution in [0.25, 0.3) is 0 Å². The fourth-order valence-corrected chi connectivity index (χ4v) is 2.66. The number of aliphatic hydroxyl groups is 1. The van der Waals surface area contributed by atoms with Crippen molar-refractivity contribution in [3.63, 3.8) is 0 Å². The second kappa shape index (κ2) is 6.88. The second-order valence-electron chi connectivity index (χ2n) is 6.38. The molecular formula is C15H31NO2. The molecule has 0 bridgehead atoms. The van der Waals surface area contributed by atoms with Gasteiger partial charge in [-0.1, -0.05) is 6.92 Å². The van der Waals surface area contributed by atoms with Crippen LogP contribution in [-0.2, 0) is 4.74 Å². The summed E-state index contributed by atoms with van der Waals surface area (Å²) >= 11 is 0. The molecule has 3 nitrogen and oxygen atoms in total. The fraction of sp³-hybridized carbons (Fsp3) is 1.00. The van der Waals surface area contributed by atoms with Gasteiger partial charge in [-0.25, -0.2) is 0 Å². The lowest BCUT2D eigenvalue weighted by Gasteiger charge is -2.31. The Hall–Kier alpha value is -0.120. The quantitative estimate of drug-likeness (QED) is 0.794. The molecule has 3 heteroatoms. The Balaban J connectivity index is 2.44. The monoisotopic (exact) mass is 257 g/mol. The van der Waals surface area contributed by atoms with Gasteiger partial charge < -0.3 is 14.7 Å². The van der Waals surface area contributed by atoms with Crippen LogP contribution in [0, 0.1) is 0 Å². The number of nitrogens with zero attached hydrogens (tertiary/aromatic N) is 1. The number of methoxy groups -OCH3 is 1. The van der Waals surface area contributed by atoms with E-state index in [2.05, 4.69) is 25.7 Å². The predicted octanol–water partition coefficient (Wildman–Crippen LogP) is 2.82. The Morgan fingerprint density at radius 2 is 2.00 bits per heavy atom. The van der Waals surface area contributed by atoms with Crippen molar-refractivity contribution in [1.29, 1.82) is 0 Å². The SMILES string of the molecule is CCCN1CCCC(O)(CCC(C)(C)OC)CC1. The summed E-state index contributed by atoms with van der Waals surface area (Å²) in [5, 5.41) is 10.7. The Morgan fingerprint density at radius 3 is 2.61 bits per heavy atom. The first-order valence-electron chi connectivity index (χ1n) is 7.41. The zero-order valence-corrected chi connectivity index (χ0v) is 12.7. The molecular weight excluding hydrogens is 226 g/mol. The summed E-state index contributed by atoms with van der Waals surface area (Å²) in [5.41, 5.74) is -0.594. The largest absolute Gasteiger partial charge is 0.390 e. The van der Waals surface area contributed by atoms with Crippen LogP contribution in [0.5, 0.6) is 0 Å². The third kappa shape index (κ3) is 5.25. The van der Waals surface area contributed by atoms with E-state index >= 15 is 0 Å². The van der Waals surface area contributed by atoms with Crippen LogP contribution < -0.4 is 0 Å². The average molecular weight is 257 g/mol. The van der Waals surface area contributed by atoms with E-state index in [1.54, 1.807) is 7.11 Å². The lowest BCUT2D eigenvalue weighted by molar-refractivity contribution is -0.0322. The Kier molecular flexibility index (Phi) is 6.09. The molecule has 0 radical (unpaired) electrons. The van der Waals surface area contributed by atoms with Crippen LogP contribution in [0.2, 0.25) is 0 Å². The summed E-state index contributed by atoms with van der Waals surface area (Å²) in [7, 11) is 1.75. The van der Waals surface area contributed by atoms with Crippen LogP contribution in [0.15, 0.2) is 0 Å². The first kappa shape index (κ1) is 15.9. The normalized spacial score (nSPS) is 27.2. The number of ether oxygens (including phenoxy) is 1. The summed E-state index contributed by atoms with van der Waals surface area (Å²) in [6.07, 6.45) is 5.94. The summed E-state index contributed by atoms with van der Waals surface area (Å²) in [6.45, 7) is 9.76. The fourth-order valence-electron chi connectivity index (χ4n) is 2.66. The van der Waals surface area contributed by atoms with Crippen molar-refractivity contribution in [2.24, 2.45) is 0 Å². The molecule has 1 saturated heterocycles. The van der Waals surface area contributed by atoms with E-state index in [1.165, 1.54) is 13.0 Å². The molecule has 0 aliphatic carbocycles. The lowest BCUT2D eigenvalue weighted by Crippen LogP contribution is -2.34. The van der Waals surface area contributed by atoms with E-state index in [9.17, 15) is 5.11 Å². The van der Waals surface area contributed by atoms with Gasteiger partial charge in [-0.2, -0.15) is 0 Å². The van der Waals surface area contributed by atoms with Gasteiger partial charge in [-0.3, -0.25) is 0 Å². The highest BCUT2D eigenvalue weighted by molar-refractivity contribution is 4.86. The third-order valence-corrected chi connectivity index (χ3v) is 4.29. The molecule has 1 heterocycles. The van der Waals surface area contributed by atoms with Crippen LogP contribution in [0.1, 0.15) is 59.3 Å². The van der Waals surface area contributed by atoms with Crippen LogP contribution >= 0.6 is 0 Å². The van der Waals surface area contributed by atoms with E-state index in [-0.39, 0.29) is 5.60 Å². The molecule has 1 aliphatic rings. The number of rotatable bonds is 6. The van der Waals surface area contributed by atoms with Crippen molar-refractivity contribution < 1.29 is 9.84 Å². The summed E-state index contributed by atoms with van der Waals surface area (Å²) in [4.78, 5) is 2.49. The molecule has 1 unspecified atom stereocenters. The number of hydrogen-bond donors (Lipinski definition) is 1. The zero-order valence-electron chi connectivity index (χ0n) is 12.7. The molecule has 0 aromatic rings. The average Bonchev–Trinajstić information content (AvgIpc) is 2.51. The lowest BCUT2D eigenvalue weighted by atomic mass is 9.86. The summed E-state index contributed by atoms with van der Waals surface area (Å²) in [5.74, 6) is 0. The minimum absolute atomic E-state index is 0.120. The van der Waals surface area contributed by atoms with Crippen molar-refractivity contribution in [2.45, 2.75) is 70.5 Å².